The first-order chi connectivity index (χ1) is 13.2. The molecule has 3 aromatic rings. The van der Waals surface area contributed by atoms with Crippen molar-refractivity contribution in [2.45, 2.75) is 45.6 Å². The second kappa shape index (κ2) is 7.59. The molecule has 3 nitrogen and oxygen atoms in total. The third-order valence-electron chi connectivity index (χ3n) is 5.82. The van der Waals surface area contributed by atoms with Gasteiger partial charge in [-0.05, 0) is 43.9 Å². The quantitative estimate of drug-likeness (QED) is 0.620. The molecule has 0 spiro atoms. The molecule has 0 radical (unpaired) electrons. The Morgan fingerprint density at radius 2 is 1.85 bits per heavy atom. The zero-order chi connectivity index (χ0) is 18.8. The molecule has 0 bridgehead atoms. The van der Waals surface area contributed by atoms with E-state index in [9.17, 15) is 4.79 Å². The number of benzene rings is 2. The van der Waals surface area contributed by atoms with Gasteiger partial charge in [-0.1, -0.05) is 48.0 Å². The number of hydrogen-bond donors (Lipinski definition) is 0. The number of hydrogen-bond acceptors (Lipinski definition) is 1. The van der Waals surface area contributed by atoms with Gasteiger partial charge in [0.2, 0.25) is 5.91 Å². The van der Waals surface area contributed by atoms with Crippen LogP contribution in [0.4, 0.5) is 0 Å². The second-order valence-electron chi connectivity index (χ2n) is 7.65. The number of nitrogens with zero attached hydrogens (tertiary/aromatic N) is 2. The number of para-hydroxylation sites is 1. The van der Waals surface area contributed by atoms with Gasteiger partial charge in [0.25, 0.3) is 0 Å². The zero-order valence-electron chi connectivity index (χ0n) is 16.3. The molecule has 1 aliphatic rings. The summed E-state index contributed by atoms with van der Waals surface area (Å²) in [5.41, 5.74) is 5.00. The lowest BCUT2D eigenvalue weighted by Gasteiger charge is -2.22. The summed E-state index contributed by atoms with van der Waals surface area (Å²) in [5, 5.41) is 1.26. The molecule has 1 fully saturated rings. The molecule has 0 unspecified atom stereocenters. The predicted molar refractivity (Wildman–Crippen MR) is 111 cm³/mol. The summed E-state index contributed by atoms with van der Waals surface area (Å²) in [6.07, 6.45) is 5.07. The van der Waals surface area contributed by atoms with E-state index < -0.39 is 0 Å². The van der Waals surface area contributed by atoms with Crippen LogP contribution in [0.2, 0.25) is 0 Å². The summed E-state index contributed by atoms with van der Waals surface area (Å²) in [5.74, 6) is 0.378. The molecule has 1 aliphatic heterocycles. The van der Waals surface area contributed by atoms with Gasteiger partial charge in [0, 0.05) is 49.1 Å². The van der Waals surface area contributed by atoms with Gasteiger partial charge < -0.3 is 9.47 Å². The van der Waals surface area contributed by atoms with Crippen LogP contribution in [0.5, 0.6) is 0 Å². The van der Waals surface area contributed by atoms with Crippen LogP contribution >= 0.6 is 0 Å². The highest BCUT2D eigenvalue weighted by Gasteiger charge is 2.26. The number of carbonyl (C=O) groups excluding carboxylic acids is 1. The van der Waals surface area contributed by atoms with Crippen molar-refractivity contribution in [3.63, 3.8) is 0 Å². The Kier molecular flexibility index (Phi) is 5.02. The number of rotatable bonds is 5. The van der Waals surface area contributed by atoms with Crippen molar-refractivity contribution in [1.82, 2.24) is 9.47 Å². The lowest BCUT2D eigenvalue weighted by Crippen LogP contribution is -2.29. The lowest BCUT2D eigenvalue weighted by molar-refractivity contribution is -0.130. The Hall–Kier alpha value is -2.55. The van der Waals surface area contributed by atoms with Crippen molar-refractivity contribution in [2.24, 2.45) is 0 Å². The fourth-order valence-corrected chi connectivity index (χ4v) is 4.38. The van der Waals surface area contributed by atoms with Gasteiger partial charge in [-0.2, -0.15) is 0 Å². The standard InChI is InChI=1S/C24H28N2O/c1-3-25-17-22(20-11-4-5-12-23(20)25)21(19-10-8-9-18(2)15-19)16-24(27)26-13-6-7-14-26/h4-5,8-12,15,17,21H,3,6-7,13-14,16H2,1-2H3/t21-/m0/s1. The molecule has 0 N–H and O–H groups in total. The fraction of sp³-hybridized carbons (Fsp3) is 0.375. The Morgan fingerprint density at radius 1 is 1.07 bits per heavy atom. The number of aromatic nitrogens is 1. The van der Waals surface area contributed by atoms with Gasteiger partial charge >= 0.3 is 0 Å². The van der Waals surface area contributed by atoms with Crippen LogP contribution in [0.3, 0.4) is 0 Å². The minimum atomic E-state index is 0.0932. The van der Waals surface area contributed by atoms with Crippen molar-refractivity contribution < 1.29 is 4.79 Å². The highest BCUT2D eigenvalue weighted by Crippen LogP contribution is 2.35. The summed E-state index contributed by atoms with van der Waals surface area (Å²) >= 11 is 0. The first-order valence-electron chi connectivity index (χ1n) is 10.1. The molecule has 3 heteroatoms. The maximum absolute atomic E-state index is 13.0. The van der Waals surface area contributed by atoms with E-state index in [0.717, 1.165) is 32.5 Å². The van der Waals surface area contributed by atoms with Crippen LogP contribution in [0, 0.1) is 6.92 Å². The molecule has 1 amide bonds. The average Bonchev–Trinajstić information content (AvgIpc) is 3.34. The molecule has 1 atom stereocenters. The van der Waals surface area contributed by atoms with E-state index in [0.29, 0.717) is 6.42 Å². The number of carbonyl (C=O) groups is 1. The van der Waals surface area contributed by atoms with Crippen molar-refractivity contribution in [3.8, 4) is 0 Å². The number of likely N-dealkylation sites (tertiary alicyclic amines) is 1. The first-order valence-corrected chi connectivity index (χ1v) is 10.1. The van der Waals surface area contributed by atoms with Crippen molar-refractivity contribution in [1.29, 1.82) is 0 Å². The lowest BCUT2D eigenvalue weighted by atomic mass is 9.87. The molecular formula is C24H28N2O. The summed E-state index contributed by atoms with van der Waals surface area (Å²) in [6, 6.07) is 17.2. The van der Waals surface area contributed by atoms with E-state index in [4.69, 9.17) is 0 Å². The monoisotopic (exact) mass is 360 g/mol. The normalized spacial score (nSPS) is 15.4. The van der Waals surface area contributed by atoms with E-state index in [-0.39, 0.29) is 11.8 Å². The molecular weight excluding hydrogens is 332 g/mol. The topological polar surface area (TPSA) is 25.2 Å². The van der Waals surface area contributed by atoms with Crippen molar-refractivity contribution in [3.05, 3.63) is 71.4 Å². The SMILES string of the molecule is CCn1cc([C@@H](CC(=O)N2CCCC2)c2cccc(C)c2)c2ccccc21. The molecule has 140 valence electrons. The molecule has 0 saturated carbocycles. The fourth-order valence-electron chi connectivity index (χ4n) is 4.38. The molecule has 0 aliphatic carbocycles. The van der Waals surface area contributed by atoms with Crippen LogP contribution < -0.4 is 0 Å². The van der Waals surface area contributed by atoms with Gasteiger partial charge in [0.05, 0.1) is 0 Å². The predicted octanol–water partition coefficient (Wildman–Crippen LogP) is 5.11. The summed E-state index contributed by atoms with van der Waals surface area (Å²) in [4.78, 5) is 15.1. The van der Waals surface area contributed by atoms with Crippen LogP contribution in [0.25, 0.3) is 10.9 Å². The summed E-state index contributed by atoms with van der Waals surface area (Å²) in [7, 11) is 0. The molecule has 27 heavy (non-hydrogen) atoms. The van der Waals surface area contributed by atoms with Crippen LogP contribution in [-0.2, 0) is 11.3 Å². The number of amides is 1. The number of aryl methyl sites for hydroxylation is 2. The first kappa shape index (κ1) is 17.8. The molecule has 4 rings (SSSR count). The third-order valence-corrected chi connectivity index (χ3v) is 5.82. The molecule has 1 aromatic heterocycles. The maximum Gasteiger partial charge on any atom is 0.223 e. The third kappa shape index (κ3) is 3.51. The van der Waals surface area contributed by atoms with Crippen molar-refractivity contribution >= 4 is 16.8 Å². The van der Waals surface area contributed by atoms with Gasteiger partial charge in [-0.25, -0.2) is 0 Å². The van der Waals surface area contributed by atoms with E-state index in [1.165, 1.54) is 27.6 Å². The van der Waals surface area contributed by atoms with Crippen LogP contribution in [0.15, 0.2) is 54.7 Å². The Balaban J connectivity index is 1.79. The largest absolute Gasteiger partial charge is 0.347 e. The average molecular weight is 361 g/mol. The Morgan fingerprint density at radius 3 is 2.59 bits per heavy atom. The maximum atomic E-state index is 13.0. The zero-order valence-corrected chi connectivity index (χ0v) is 16.3. The second-order valence-corrected chi connectivity index (χ2v) is 7.65. The smallest absolute Gasteiger partial charge is 0.223 e. The van der Waals surface area contributed by atoms with Crippen molar-refractivity contribution in [2.75, 3.05) is 13.1 Å². The summed E-state index contributed by atoms with van der Waals surface area (Å²) < 4.78 is 2.30. The van der Waals surface area contributed by atoms with E-state index >= 15 is 0 Å². The van der Waals surface area contributed by atoms with Crippen LogP contribution in [0.1, 0.15) is 48.8 Å². The molecule has 2 aromatic carbocycles. The highest BCUT2D eigenvalue weighted by atomic mass is 16.2. The van der Waals surface area contributed by atoms with E-state index in [1.807, 2.05) is 4.90 Å². The Bertz CT molecular complexity index is 950. The minimum absolute atomic E-state index is 0.0932. The Labute approximate surface area is 161 Å². The van der Waals surface area contributed by atoms with Gasteiger partial charge in [-0.3, -0.25) is 4.79 Å². The molecule has 1 saturated heterocycles. The van der Waals surface area contributed by atoms with E-state index in [1.54, 1.807) is 0 Å². The van der Waals surface area contributed by atoms with Gasteiger partial charge in [-0.15, -0.1) is 0 Å². The van der Waals surface area contributed by atoms with Crippen LogP contribution in [-0.4, -0.2) is 28.5 Å². The minimum Gasteiger partial charge on any atom is -0.347 e. The summed E-state index contributed by atoms with van der Waals surface area (Å²) in [6.45, 7) is 7.05. The van der Waals surface area contributed by atoms with Gasteiger partial charge in [0.1, 0.15) is 0 Å². The van der Waals surface area contributed by atoms with Gasteiger partial charge in [0.15, 0.2) is 0 Å². The molecule has 2 heterocycles. The number of fused-ring (bicyclic) bond motifs is 1. The highest BCUT2D eigenvalue weighted by molar-refractivity contribution is 5.86. The van der Waals surface area contributed by atoms with E-state index in [2.05, 4.69) is 73.1 Å².